The highest BCUT2D eigenvalue weighted by atomic mass is 16.1. The molecule has 0 spiro atoms. The quantitative estimate of drug-likeness (QED) is 0.800. The molecule has 0 bridgehead atoms. The molecular weight excluding hydrogens is 202 g/mol. The Bertz CT molecular complexity index is 537. The Labute approximate surface area is 93.5 Å². The van der Waals surface area contributed by atoms with Crippen molar-refractivity contribution in [3.8, 4) is 0 Å². The fourth-order valence-electron chi connectivity index (χ4n) is 1.66. The van der Waals surface area contributed by atoms with Gasteiger partial charge in [0, 0.05) is 25.1 Å². The minimum atomic E-state index is -0.128. The van der Waals surface area contributed by atoms with E-state index in [-0.39, 0.29) is 5.91 Å². The second kappa shape index (κ2) is 4.28. The van der Waals surface area contributed by atoms with Gasteiger partial charge in [0.2, 0.25) is 5.91 Å². The molecule has 0 aliphatic heterocycles. The van der Waals surface area contributed by atoms with E-state index in [1.54, 1.807) is 6.20 Å². The largest absolute Gasteiger partial charge is 0.326 e. The van der Waals surface area contributed by atoms with Gasteiger partial charge < -0.3 is 11.1 Å². The minimum absolute atomic E-state index is 0.128. The van der Waals surface area contributed by atoms with Crippen molar-refractivity contribution in [3.63, 3.8) is 0 Å². The molecule has 1 amide bonds. The van der Waals surface area contributed by atoms with E-state index < -0.39 is 0 Å². The molecule has 4 nitrogen and oxygen atoms in total. The van der Waals surface area contributed by atoms with Crippen LogP contribution in [0.25, 0.3) is 10.8 Å². The van der Waals surface area contributed by atoms with Gasteiger partial charge in [-0.1, -0.05) is 18.2 Å². The number of nitrogens with two attached hydrogens (primary N) is 1. The van der Waals surface area contributed by atoms with E-state index in [0.717, 1.165) is 16.3 Å². The summed E-state index contributed by atoms with van der Waals surface area (Å²) < 4.78 is 0. The van der Waals surface area contributed by atoms with Gasteiger partial charge in [-0.05, 0) is 17.0 Å². The SMILES string of the molecule is CC(=O)Nc1cc2c(CN)cccc2cn1. The maximum Gasteiger partial charge on any atom is 0.222 e. The number of carbonyl (C=O) groups excluding carboxylic acids is 1. The molecule has 0 aliphatic rings. The van der Waals surface area contributed by atoms with Crippen LogP contribution >= 0.6 is 0 Å². The summed E-state index contributed by atoms with van der Waals surface area (Å²) in [7, 11) is 0. The van der Waals surface area contributed by atoms with Gasteiger partial charge in [0.1, 0.15) is 5.82 Å². The van der Waals surface area contributed by atoms with Crippen molar-refractivity contribution in [2.75, 3.05) is 5.32 Å². The van der Waals surface area contributed by atoms with Gasteiger partial charge >= 0.3 is 0 Å². The first-order valence-corrected chi connectivity index (χ1v) is 5.06. The highest BCUT2D eigenvalue weighted by Crippen LogP contribution is 2.20. The number of rotatable bonds is 2. The van der Waals surface area contributed by atoms with E-state index in [4.69, 9.17) is 5.73 Å². The normalized spacial score (nSPS) is 10.4. The molecule has 0 saturated heterocycles. The van der Waals surface area contributed by atoms with Crippen LogP contribution < -0.4 is 11.1 Å². The van der Waals surface area contributed by atoms with Crippen LogP contribution in [0, 0.1) is 0 Å². The van der Waals surface area contributed by atoms with Crippen LogP contribution in [0.3, 0.4) is 0 Å². The van der Waals surface area contributed by atoms with Gasteiger partial charge in [0.25, 0.3) is 0 Å². The number of hydrogen-bond acceptors (Lipinski definition) is 3. The highest BCUT2D eigenvalue weighted by molar-refractivity contribution is 5.92. The van der Waals surface area contributed by atoms with Crippen LogP contribution in [0.2, 0.25) is 0 Å². The topological polar surface area (TPSA) is 68.0 Å². The Hall–Kier alpha value is -1.94. The molecule has 0 saturated carbocycles. The number of anilines is 1. The van der Waals surface area contributed by atoms with Gasteiger partial charge in [-0.2, -0.15) is 0 Å². The van der Waals surface area contributed by atoms with Crippen molar-refractivity contribution in [3.05, 3.63) is 36.0 Å². The lowest BCUT2D eigenvalue weighted by Crippen LogP contribution is -2.07. The number of amides is 1. The van der Waals surface area contributed by atoms with Gasteiger partial charge in [0.05, 0.1) is 0 Å². The molecule has 1 aromatic carbocycles. The van der Waals surface area contributed by atoms with E-state index in [1.807, 2.05) is 24.3 Å². The van der Waals surface area contributed by atoms with Crippen molar-refractivity contribution in [2.24, 2.45) is 5.73 Å². The van der Waals surface area contributed by atoms with Crippen molar-refractivity contribution in [1.82, 2.24) is 4.98 Å². The fourth-order valence-corrected chi connectivity index (χ4v) is 1.66. The molecular formula is C12H13N3O. The summed E-state index contributed by atoms with van der Waals surface area (Å²) in [6.45, 7) is 1.93. The summed E-state index contributed by atoms with van der Waals surface area (Å²) in [6.07, 6.45) is 1.74. The molecule has 0 unspecified atom stereocenters. The lowest BCUT2D eigenvalue weighted by atomic mass is 10.1. The number of benzene rings is 1. The Balaban J connectivity index is 2.54. The summed E-state index contributed by atoms with van der Waals surface area (Å²) in [6, 6.07) is 7.74. The number of carbonyl (C=O) groups is 1. The van der Waals surface area contributed by atoms with Crippen LogP contribution in [-0.2, 0) is 11.3 Å². The highest BCUT2D eigenvalue weighted by Gasteiger charge is 2.02. The fraction of sp³-hybridized carbons (Fsp3) is 0.167. The summed E-state index contributed by atoms with van der Waals surface area (Å²) >= 11 is 0. The second-order valence-electron chi connectivity index (χ2n) is 3.59. The molecule has 2 rings (SSSR count). The zero-order valence-electron chi connectivity index (χ0n) is 9.03. The van der Waals surface area contributed by atoms with Crippen molar-refractivity contribution >= 4 is 22.5 Å². The second-order valence-corrected chi connectivity index (χ2v) is 3.59. The predicted octanol–water partition coefficient (Wildman–Crippen LogP) is 1.65. The number of hydrogen-bond donors (Lipinski definition) is 2. The summed E-state index contributed by atoms with van der Waals surface area (Å²) in [5.41, 5.74) is 6.71. The Morgan fingerprint density at radius 3 is 3.00 bits per heavy atom. The molecule has 0 fully saturated rings. The molecule has 1 aromatic heterocycles. The number of nitrogens with one attached hydrogen (secondary N) is 1. The molecule has 1 heterocycles. The van der Waals surface area contributed by atoms with Crippen LogP contribution in [0.1, 0.15) is 12.5 Å². The minimum Gasteiger partial charge on any atom is -0.326 e. The summed E-state index contributed by atoms with van der Waals surface area (Å²) in [4.78, 5) is 15.1. The Morgan fingerprint density at radius 1 is 1.50 bits per heavy atom. The van der Waals surface area contributed by atoms with Gasteiger partial charge in [-0.15, -0.1) is 0 Å². The van der Waals surface area contributed by atoms with E-state index in [0.29, 0.717) is 12.4 Å². The van der Waals surface area contributed by atoms with E-state index >= 15 is 0 Å². The molecule has 0 aliphatic carbocycles. The average Bonchev–Trinajstić information content (AvgIpc) is 2.27. The van der Waals surface area contributed by atoms with Crippen molar-refractivity contribution in [2.45, 2.75) is 13.5 Å². The van der Waals surface area contributed by atoms with E-state index in [9.17, 15) is 4.79 Å². The number of fused-ring (bicyclic) bond motifs is 1. The zero-order valence-corrected chi connectivity index (χ0v) is 9.03. The van der Waals surface area contributed by atoms with Crippen LogP contribution in [0.4, 0.5) is 5.82 Å². The molecule has 0 atom stereocenters. The summed E-state index contributed by atoms with van der Waals surface area (Å²) in [5.74, 6) is 0.429. The molecule has 16 heavy (non-hydrogen) atoms. The van der Waals surface area contributed by atoms with E-state index in [2.05, 4.69) is 10.3 Å². The lowest BCUT2D eigenvalue weighted by Gasteiger charge is -2.06. The molecule has 2 aromatic rings. The number of aromatic nitrogens is 1. The molecule has 82 valence electrons. The standard InChI is InChI=1S/C12H13N3O/c1-8(16)15-12-5-11-9(6-13)3-2-4-10(11)7-14-12/h2-5,7H,6,13H2,1H3,(H,14,15,16). The van der Waals surface area contributed by atoms with Gasteiger partial charge in [0.15, 0.2) is 0 Å². The first-order valence-electron chi connectivity index (χ1n) is 5.06. The Morgan fingerprint density at radius 2 is 2.31 bits per heavy atom. The maximum atomic E-state index is 10.9. The van der Waals surface area contributed by atoms with Crippen LogP contribution in [0.5, 0.6) is 0 Å². The molecule has 0 radical (unpaired) electrons. The smallest absolute Gasteiger partial charge is 0.222 e. The number of nitrogens with zero attached hydrogens (tertiary/aromatic N) is 1. The van der Waals surface area contributed by atoms with Crippen molar-refractivity contribution in [1.29, 1.82) is 0 Å². The predicted molar refractivity (Wildman–Crippen MR) is 63.9 cm³/mol. The first-order chi connectivity index (χ1) is 7.70. The van der Waals surface area contributed by atoms with Gasteiger partial charge in [-0.25, -0.2) is 4.98 Å². The Kier molecular flexibility index (Phi) is 2.83. The van der Waals surface area contributed by atoms with Crippen LogP contribution in [0.15, 0.2) is 30.5 Å². The third-order valence-electron chi connectivity index (χ3n) is 2.38. The number of pyridine rings is 1. The maximum absolute atomic E-state index is 10.9. The molecule has 4 heteroatoms. The van der Waals surface area contributed by atoms with Crippen LogP contribution in [-0.4, -0.2) is 10.9 Å². The van der Waals surface area contributed by atoms with E-state index in [1.165, 1.54) is 6.92 Å². The third kappa shape index (κ3) is 2.01. The van der Waals surface area contributed by atoms with Crippen molar-refractivity contribution < 1.29 is 4.79 Å². The van der Waals surface area contributed by atoms with Gasteiger partial charge in [-0.3, -0.25) is 4.79 Å². The molecule has 3 N–H and O–H groups in total. The monoisotopic (exact) mass is 215 g/mol. The average molecular weight is 215 g/mol. The zero-order chi connectivity index (χ0) is 11.5. The first kappa shape index (κ1) is 10.6. The third-order valence-corrected chi connectivity index (χ3v) is 2.38. The lowest BCUT2D eigenvalue weighted by molar-refractivity contribution is -0.114. The summed E-state index contributed by atoms with van der Waals surface area (Å²) in [5, 5.41) is 4.71.